The Bertz CT molecular complexity index is 959. The van der Waals surface area contributed by atoms with Gasteiger partial charge in [-0.05, 0) is 30.6 Å². The maximum absolute atomic E-state index is 12.5. The summed E-state index contributed by atoms with van der Waals surface area (Å²) >= 11 is 0. The van der Waals surface area contributed by atoms with E-state index in [1.165, 1.54) is 10.8 Å². The number of carboxylic acids is 1. The molecule has 0 spiro atoms. The molecule has 0 unspecified atom stereocenters. The second-order valence-electron chi connectivity index (χ2n) is 9.06. The fourth-order valence-electron chi connectivity index (χ4n) is 3.19. The van der Waals surface area contributed by atoms with Crippen LogP contribution < -0.4 is 11.2 Å². The number of hydrogen-bond acceptors (Lipinski definition) is 6. The number of nitrogens with one attached hydrogen (secondary N) is 1. The Hall–Kier alpha value is -2.40. The number of aromatic amines is 1. The molecule has 11 nitrogen and oxygen atoms in total. The van der Waals surface area contributed by atoms with Gasteiger partial charge < -0.3 is 14.3 Å². The molecule has 1 fully saturated rings. The number of carbonyl (C=O) groups is 1. The van der Waals surface area contributed by atoms with Gasteiger partial charge in [0.05, 0.1) is 25.2 Å². The van der Waals surface area contributed by atoms with E-state index in [1.54, 1.807) is 6.92 Å². The molecule has 2 N–H and O–H groups in total. The highest BCUT2D eigenvalue weighted by molar-refractivity contribution is 6.74. The van der Waals surface area contributed by atoms with Gasteiger partial charge in [-0.15, -0.1) is 0 Å². The van der Waals surface area contributed by atoms with E-state index >= 15 is 0 Å². The smallest absolute Gasteiger partial charge is 0.330 e. The zero-order valence-corrected chi connectivity index (χ0v) is 19.1. The van der Waals surface area contributed by atoms with Gasteiger partial charge in [-0.2, -0.15) is 0 Å². The molecule has 2 rings (SSSR count). The van der Waals surface area contributed by atoms with Crippen molar-refractivity contribution in [2.45, 2.75) is 70.7 Å². The molecular formula is C18H29N5O6Si. The van der Waals surface area contributed by atoms with Crippen molar-refractivity contribution in [3.63, 3.8) is 0 Å². The van der Waals surface area contributed by atoms with Crippen LogP contribution in [0.15, 0.2) is 20.9 Å². The minimum Gasteiger partial charge on any atom is -0.481 e. The topological polar surface area (TPSA) is 159 Å². The van der Waals surface area contributed by atoms with Crippen molar-refractivity contribution < 1.29 is 19.1 Å². The molecule has 1 saturated heterocycles. The first kappa shape index (κ1) is 23.9. The number of H-pyrrole nitrogens is 1. The van der Waals surface area contributed by atoms with E-state index in [-0.39, 0.29) is 18.0 Å². The molecule has 1 aliphatic heterocycles. The minimum absolute atomic E-state index is 0.0978. The highest BCUT2D eigenvalue weighted by atomic mass is 28.4. The lowest BCUT2D eigenvalue weighted by Crippen LogP contribution is -2.48. The van der Waals surface area contributed by atoms with E-state index in [2.05, 4.69) is 15.0 Å². The highest BCUT2D eigenvalue weighted by Gasteiger charge is 2.51. The molecule has 0 radical (unpaired) electrons. The average molecular weight is 440 g/mol. The number of aryl methyl sites for hydroxylation is 1. The van der Waals surface area contributed by atoms with Crippen molar-refractivity contribution in [3.8, 4) is 0 Å². The molecule has 0 amide bonds. The van der Waals surface area contributed by atoms with Gasteiger partial charge in [0.2, 0.25) is 0 Å². The molecule has 12 heteroatoms. The molecule has 0 saturated carbocycles. The molecule has 30 heavy (non-hydrogen) atoms. The van der Waals surface area contributed by atoms with Crippen LogP contribution in [-0.4, -0.2) is 47.7 Å². The molecule has 4 atom stereocenters. The lowest BCUT2D eigenvalue weighted by Gasteiger charge is -2.40. The number of azide groups is 1. The van der Waals surface area contributed by atoms with Gasteiger partial charge in [0.25, 0.3) is 5.56 Å². The predicted molar refractivity (Wildman–Crippen MR) is 112 cm³/mol. The van der Waals surface area contributed by atoms with Crippen molar-refractivity contribution in [1.29, 1.82) is 0 Å². The second-order valence-corrected chi connectivity index (χ2v) is 13.8. The van der Waals surface area contributed by atoms with Crippen LogP contribution in [0.5, 0.6) is 0 Å². The summed E-state index contributed by atoms with van der Waals surface area (Å²) in [5, 5.41) is 12.8. The van der Waals surface area contributed by atoms with E-state index in [0.717, 1.165) is 0 Å². The summed E-state index contributed by atoms with van der Waals surface area (Å²) in [7, 11) is -2.40. The van der Waals surface area contributed by atoms with Crippen LogP contribution in [0.2, 0.25) is 18.1 Å². The van der Waals surface area contributed by atoms with E-state index in [4.69, 9.17) is 14.7 Å². The summed E-state index contributed by atoms with van der Waals surface area (Å²) in [6.45, 7) is 11.6. The zero-order valence-electron chi connectivity index (χ0n) is 18.1. The fourth-order valence-corrected chi connectivity index (χ4v) is 4.51. The molecule has 1 aromatic heterocycles. The maximum atomic E-state index is 12.5. The van der Waals surface area contributed by atoms with E-state index in [0.29, 0.717) is 5.56 Å². The summed E-state index contributed by atoms with van der Waals surface area (Å²) in [5.74, 6) is -1.70. The third-order valence-electron chi connectivity index (χ3n) is 5.89. The largest absolute Gasteiger partial charge is 0.481 e. The molecule has 166 valence electrons. The van der Waals surface area contributed by atoms with Gasteiger partial charge >= 0.3 is 11.7 Å². The first-order chi connectivity index (χ1) is 13.8. The van der Waals surface area contributed by atoms with Gasteiger partial charge in [0.1, 0.15) is 0 Å². The SMILES string of the molecule is Cc1cn([C@@H]2O[C@H](CN=[N+]=[N-])[C@@H](CC(=O)O)[C@H]2O[Si](C)(C)C(C)(C)C)c(=O)[nH]c1=O. The number of carboxylic acid groups (broad SMARTS) is 1. The summed E-state index contributed by atoms with van der Waals surface area (Å²) in [6, 6.07) is 0. The number of nitrogens with zero attached hydrogens (tertiary/aromatic N) is 4. The number of hydrogen-bond donors (Lipinski definition) is 2. The fraction of sp³-hybridized carbons (Fsp3) is 0.722. The molecule has 0 aliphatic carbocycles. The monoisotopic (exact) mass is 439 g/mol. The molecule has 2 heterocycles. The Balaban J connectivity index is 2.60. The number of aliphatic carboxylic acids is 1. The van der Waals surface area contributed by atoms with Crippen molar-refractivity contribution in [2.24, 2.45) is 11.0 Å². The number of aromatic nitrogens is 2. The third-order valence-corrected chi connectivity index (χ3v) is 10.4. The first-order valence-electron chi connectivity index (χ1n) is 9.66. The Morgan fingerprint density at radius 3 is 2.60 bits per heavy atom. The first-order valence-corrected chi connectivity index (χ1v) is 12.6. The lowest BCUT2D eigenvalue weighted by molar-refractivity contribution is -0.139. The lowest BCUT2D eigenvalue weighted by atomic mass is 9.94. The van der Waals surface area contributed by atoms with Crippen LogP contribution in [0.4, 0.5) is 0 Å². The van der Waals surface area contributed by atoms with Crippen molar-refractivity contribution in [1.82, 2.24) is 9.55 Å². The van der Waals surface area contributed by atoms with Crippen LogP contribution in [0.3, 0.4) is 0 Å². The Labute approximate surface area is 174 Å². The van der Waals surface area contributed by atoms with Crippen LogP contribution in [0.25, 0.3) is 10.4 Å². The summed E-state index contributed by atoms with van der Waals surface area (Å²) in [5.41, 5.74) is 7.83. The standard InChI is InChI=1S/C18H29N5O6Si/c1-10-9-23(17(27)21-15(10)26)16-14(29-30(5,6)18(2,3)4)11(7-13(24)25)12(28-16)8-20-22-19/h9,11-12,14,16H,7-8H2,1-6H3,(H,24,25)(H,21,26,27)/t11-,12-,14-,16-/m1/s1. The van der Waals surface area contributed by atoms with Crippen LogP contribution >= 0.6 is 0 Å². The van der Waals surface area contributed by atoms with E-state index in [9.17, 15) is 19.5 Å². The van der Waals surface area contributed by atoms with Crippen LogP contribution in [-0.2, 0) is 14.0 Å². The average Bonchev–Trinajstić information content (AvgIpc) is 2.91. The Kier molecular flexibility index (Phi) is 6.97. The molecule has 0 bridgehead atoms. The molecule has 1 aromatic rings. The number of rotatable bonds is 7. The third kappa shape index (κ3) is 5.01. The van der Waals surface area contributed by atoms with Crippen molar-refractivity contribution >= 4 is 14.3 Å². The van der Waals surface area contributed by atoms with E-state index in [1.807, 2.05) is 33.9 Å². The van der Waals surface area contributed by atoms with Gasteiger partial charge in [-0.25, -0.2) is 4.79 Å². The summed E-state index contributed by atoms with van der Waals surface area (Å²) < 4.78 is 13.8. The molecule has 1 aliphatic rings. The Morgan fingerprint density at radius 1 is 1.43 bits per heavy atom. The molecular weight excluding hydrogens is 410 g/mol. The highest BCUT2D eigenvalue weighted by Crippen LogP contribution is 2.44. The maximum Gasteiger partial charge on any atom is 0.330 e. The van der Waals surface area contributed by atoms with E-state index < -0.39 is 49.9 Å². The zero-order chi connectivity index (χ0) is 22.9. The van der Waals surface area contributed by atoms with Gasteiger partial charge in [-0.1, -0.05) is 25.9 Å². The Morgan fingerprint density at radius 2 is 2.07 bits per heavy atom. The van der Waals surface area contributed by atoms with Gasteiger partial charge in [0, 0.05) is 22.6 Å². The normalized spacial score (nSPS) is 24.5. The van der Waals surface area contributed by atoms with Crippen molar-refractivity contribution in [3.05, 3.63) is 43.0 Å². The second kappa shape index (κ2) is 8.76. The predicted octanol–water partition coefficient (Wildman–Crippen LogP) is 2.53. The number of ether oxygens (including phenoxy) is 1. The van der Waals surface area contributed by atoms with Crippen molar-refractivity contribution in [2.75, 3.05) is 6.54 Å². The molecule has 0 aromatic carbocycles. The summed E-state index contributed by atoms with van der Waals surface area (Å²) in [4.78, 5) is 40.9. The van der Waals surface area contributed by atoms with Gasteiger partial charge in [0.15, 0.2) is 14.5 Å². The van der Waals surface area contributed by atoms with Crippen LogP contribution in [0.1, 0.15) is 39.0 Å². The quantitative estimate of drug-likeness (QED) is 0.287. The van der Waals surface area contributed by atoms with Crippen LogP contribution in [0, 0.1) is 12.8 Å². The van der Waals surface area contributed by atoms with Gasteiger partial charge in [-0.3, -0.25) is 19.1 Å². The minimum atomic E-state index is -2.40. The summed E-state index contributed by atoms with van der Waals surface area (Å²) in [6.07, 6.45) is -1.40.